The smallest absolute Gasteiger partial charge is 0.150 e. The third kappa shape index (κ3) is 6.68. The lowest BCUT2D eigenvalue weighted by atomic mass is 9.86. The largest absolute Gasteiger partial charge is 0.496 e. The van der Waals surface area contributed by atoms with Gasteiger partial charge in [0, 0.05) is 17.2 Å². The number of carbonyl (C=O) groups excluding carboxylic acids is 1. The van der Waals surface area contributed by atoms with Gasteiger partial charge in [-0.3, -0.25) is 4.79 Å². The molecular formula is C28H38N2O2. The van der Waals surface area contributed by atoms with E-state index in [9.17, 15) is 4.79 Å². The van der Waals surface area contributed by atoms with Crippen LogP contribution in [-0.2, 0) is 6.42 Å². The van der Waals surface area contributed by atoms with Crippen molar-refractivity contribution in [2.24, 2.45) is 5.92 Å². The van der Waals surface area contributed by atoms with Gasteiger partial charge in [-0.05, 0) is 67.6 Å². The highest BCUT2D eigenvalue weighted by atomic mass is 16.5. The van der Waals surface area contributed by atoms with Gasteiger partial charge in [0.15, 0.2) is 0 Å². The van der Waals surface area contributed by atoms with Crippen molar-refractivity contribution in [2.45, 2.75) is 64.3 Å². The zero-order valence-electron chi connectivity index (χ0n) is 19.8. The predicted octanol–water partition coefficient (Wildman–Crippen LogP) is 6.58. The van der Waals surface area contributed by atoms with Crippen LogP contribution in [0.4, 0.5) is 0 Å². The number of benzene rings is 2. The summed E-state index contributed by atoms with van der Waals surface area (Å²) in [6.45, 7) is 11.1. The molecule has 4 nitrogen and oxygen atoms in total. The number of hydrogen-bond donors (Lipinski definition) is 0. The van der Waals surface area contributed by atoms with Crippen LogP contribution in [-0.4, -0.2) is 37.4 Å². The maximum absolute atomic E-state index is 10.7. The summed E-state index contributed by atoms with van der Waals surface area (Å²) >= 11 is 0. The number of aldehydes is 1. The highest BCUT2D eigenvalue weighted by molar-refractivity contribution is 5.92. The summed E-state index contributed by atoms with van der Waals surface area (Å²) in [6, 6.07) is 12.2. The SMILES string of the molecule is C=C.CCCC1CCN(C2CCC2)CC1.COc1ccc2cc(C=O)ccc2c1CC#N. The van der Waals surface area contributed by atoms with E-state index in [1.165, 1.54) is 58.0 Å². The van der Waals surface area contributed by atoms with Crippen molar-refractivity contribution in [2.75, 3.05) is 20.2 Å². The van der Waals surface area contributed by atoms with Gasteiger partial charge in [0.05, 0.1) is 19.6 Å². The molecule has 2 aromatic carbocycles. The Labute approximate surface area is 193 Å². The number of methoxy groups -OCH3 is 1. The average Bonchev–Trinajstić information content (AvgIpc) is 2.81. The van der Waals surface area contributed by atoms with Gasteiger partial charge in [0.2, 0.25) is 0 Å². The van der Waals surface area contributed by atoms with Gasteiger partial charge in [0.25, 0.3) is 0 Å². The van der Waals surface area contributed by atoms with Gasteiger partial charge in [-0.1, -0.05) is 44.4 Å². The van der Waals surface area contributed by atoms with Gasteiger partial charge in [-0.2, -0.15) is 5.26 Å². The lowest BCUT2D eigenvalue weighted by Crippen LogP contribution is -2.44. The van der Waals surface area contributed by atoms with Crippen molar-refractivity contribution in [1.82, 2.24) is 4.90 Å². The molecule has 0 radical (unpaired) electrons. The Balaban J connectivity index is 0.000000217. The molecule has 0 aromatic heterocycles. The first kappa shape index (κ1) is 25.6. The van der Waals surface area contributed by atoms with Crippen molar-refractivity contribution in [3.05, 3.63) is 54.6 Å². The molecule has 4 heteroatoms. The molecule has 32 heavy (non-hydrogen) atoms. The van der Waals surface area contributed by atoms with Crippen molar-refractivity contribution in [3.8, 4) is 11.8 Å². The lowest BCUT2D eigenvalue weighted by Gasteiger charge is -2.41. The van der Waals surface area contributed by atoms with E-state index in [1.807, 2.05) is 24.3 Å². The van der Waals surface area contributed by atoms with Crippen LogP contribution in [0.3, 0.4) is 0 Å². The van der Waals surface area contributed by atoms with Gasteiger partial charge < -0.3 is 9.64 Å². The molecule has 0 unspecified atom stereocenters. The van der Waals surface area contributed by atoms with Crippen LogP contribution in [0.5, 0.6) is 5.75 Å². The number of nitriles is 1. The number of likely N-dealkylation sites (tertiary alicyclic amines) is 1. The Morgan fingerprint density at radius 2 is 1.88 bits per heavy atom. The van der Waals surface area contributed by atoms with Crippen molar-refractivity contribution >= 4 is 17.1 Å². The zero-order chi connectivity index (χ0) is 23.3. The van der Waals surface area contributed by atoms with Crippen molar-refractivity contribution in [1.29, 1.82) is 5.26 Å². The highest BCUT2D eigenvalue weighted by Gasteiger charge is 2.28. The molecule has 4 rings (SSSR count). The summed E-state index contributed by atoms with van der Waals surface area (Å²) in [6.07, 6.45) is 11.4. The van der Waals surface area contributed by atoms with Gasteiger partial charge in [-0.15, -0.1) is 13.2 Å². The first-order valence-corrected chi connectivity index (χ1v) is 11.9. The lowest BCUT2D eigenvalue weighted by molar-refractivity contribution is 0.0826. The number of rotatable bonds is 6. The zero-order valence-corrected chi connectivity index (χ0v) is 19.8. The maximum Gasteiger partial charge on any atom is 0.150 e. The summed E-state index contributed by atoms with van der Waals surface area (Å²) in [7, 11) is 1.59. The van der Waals surface area contributed by atoms with Gasteiger partial charge >= 0.3 is 0 Å². The maximum atomic E-state index is 10.7. The third-order valence-corrected chi connectivity index (χ3v) is 6.66. The van der Waals surface area contributed by atoms with Gasteiger partial charge in [0.1, 0.15) is 12.0 Å². The average molecular weight is 435 g/mol. The topological polar surface area (TPSA) is 53.3 Å². The molecule has 2 aliphatic rings. The normalized spacial score (nSPS) is 16.5. The van der Waals surface area contributed by atoms with E-state index in [0.29, 0.717) is 17.7 Å². The second kappa shape index (κ2) is 13.7. The summed E-state index contributed by atoms with van der Waals surface area (Å²) in [5.74, 6) is 1.76. The number of carbonyl (C=O) groups is 1. The minimum atomic E-state index is 0.293. The third-order valence-electron chi connectivity index (χ3n) is 6.66. The Bertz CT molecular complexity index is 890. The van der Waals surface area contributed by atoms with Crippen LogP contribution in [0.1, 0.15) is 67.8 Å². The van der Waals surface area contributed by atoms with E-state index in [2.05, 4.69) is 31.1 Å². The second-order valence-corrected chi connectivity index (χ2v) is 8.53. The number of hydrogen-bond acceptors (Lipinski definition) is 4. The molecule has 0 bridgehead atoms. The first-order chi connectivity index (χ1) is 15.7. The molecule has 0 amide bonds. The van der Waals surface area contributed by atoms with Crippen LogP contribution < -0.4 is 4.74 Å². The molecule has 1 aliphatic heterocycles. The van der Waals surface area contributed by atoms with Crippen LogP contribution in [0.25, 0.3) is 10.8 Å². The molecule has 172 valence electrons. The standard InChI is InChI=1S/C14H11NO2.C12H23N.C2H4/c1-17-14-5-3-11-8-10(9-16)2-4-12(11)13(14)6-7-15;1-2-4-11-7-9-13(10-8-11)12-5-3-6-12;1-2/h2-5,8-9H,6H2,1H3;11-12H,2-10H2,1H3;1-2H2. The molecule has 1 heterocycles. The fourth-order valence-corrected chi connectivity index (χ4v) is 4.69. The molecule has 2 aromatic rings. The van der Waals surface area contributed by atoms with E-state index in [4.69, 9.17) is 10.00 Å². The van der Waals surface area contributed by atoms with Crippen LogP contribution in [0, 0.1) is 17.2 Å². The Morgan fingerprint density at radius 1 is 1.16 bits per heavy atom. The number of fused-ring (bicyclic) bond motifs is 1. The molecule has 1 aliphatic carbocycles. The summed E-state index contributed by atoms with van der Waals surface area (Å²) < 4.78 is 5.24. The molecule has 0 spiro atoms. The Morgan fingerprint density at radius 3 is 2.41 bits per heavy atom. The Kier molecular flexibility index (Phi) is 11.0. The van der Waals surface area contributed by atoms with Crippen molar-refractivity contribution in [3.63, 3.8) is 0 Å². The molecule has 1 saturated heterocycles. The number of ether oxygens (including phenoxy) is 1. The molecule has 0 N–H and O–H groups in total. The van der Waals surface area contributed by atoms with Crippen LogP contribution in [0.15, 0.2) is 43.5 Å². The van der Waals surface area contributed by atoms with E-state index in [0.717, 1.165) is 34.6 Å². The van der Waals surface area contributed by atoms with Crippen LogP contribution >= 0.6 is 0 Å². The quantitative estimate of drug-likeness (QED) is 0.381. The fourth-order valence-electron chi connectivity index (χ4n) is 4.69. The predicted molar refractivity (Wildman–Crippen MR) is 133 cm³/mol. The monoisotopic (exact) mass is 434 g/mol. The summed E-state index contributed by atoms with van der Waals surface area (Å²) in [5, 5.41) is 10.7. The van der Waals surface area contributed by atoms with E-state index < -0.39 is 0 Å². The summed E-state index contributed by atoms with van der Waals surface area (Å²) in [5.41, 5.74) is 1.50. The second-order valence-electron chi connectivity index (χ2n) is 8.53. The number of piperidine rings is 1. The Hall–Kier alpha value is -2.64. The molecule has 2 fully saturated rings. The van der Waals surface area contributed by atoms with E-state index >= 15 is 0 Å². The molecule has 0 atom stereocenters. The minimum absolute atomic E-state index is 0.293. The minimum Gasteiger partial charge on any atom is -0.496 e. The van der Waals surface area contributed by atoms with E-state index in [-0.39, 0.29) is 0 Å². The molecular weight excluding hydrogens is 396 g/mol. The fraction of sp³-hybridized carbons (Fsp3) is 0.500. The van der Waals surface area contributed by atoms with E-state index in [1.54, 1.807) is 13.2 Å². The highest BCUT2D eigenvalue weighted by Crippen LogP contribution is 2.30. The molecule has 1 saturated carbocycles. The summed E-state index contributed by atoms with van der Waals surface area (Å²) in [4.78, 5) is 13.5. The first-order valence-electron chi connectivity index (χ1n) is 11.9. The van der Waals surface area contributed by atoms with Gasteiger partial charge in [-0.25, -0.2) is 0 Å². The van der Waals surface area contributed by atoms with Crippen LogP contribution in [0.2, 0.25) is 0 Å². The van der Waals surface area contributed by atoms with Crippen molar-refractivity contribution < 1.29 is 9.53 Å². The number of nitrogens with zero attached hydrogens (tertiary/aromatic N) is 2.